The van der Waals surface area contributed by atoms with Crippen LogP contribution in [0.3, 0.4) is 0 Å². The first-order valence-electron chi connectivity index (χ1n) is 9.31. The molecule has 2 aliphatic rings. The maximum Gasteiger partial charge on any atom is 0.325 e. The van der Waals surface area contributed by atoms with Crippen molar-refractivity contribution in [3.8, 4) is 0 Å². The average Bonchev–Trinajstić information content (AvgIpc) is 2.92. The highest BCUT2D eigenvalue weighted by Gasteiger charge is 2.49. The van der Waals surface area contributed by atoms with Gasteiger partial charge < -0.3 is 15.5 Å². The summed E-state index contributed by atoms with van der Waals surface area (Å²) in [6.45, 7) is 4.88. The van der Waals surface area contributed by atoms with Gasteiger partial charge in [-0.3, -0.25) is 14.5 Å². The lowest BCUT2D eigenvalue weighted by atomic mass is 9.93. The summed E-state index contributed by atoms with van der Waals surface area (Å²) >= 11 is 0. The molecule has 0 spiro atoms. The largest absolute Gasteiger partial charge is 0.332 e. The van der Waals surface area contributed by atoms with E-state index < -0.39 is 11.6 Å². The topological polar surface area (TPSA) is 81.8 Å². The average molecular weight is 413 g/mol. The van der Waals surface area contributed by atoms with Crippen molar-refractivity contribution in [3.63, 3.8) is 0 Å². The smallest absolute Gasteiger partial charge is 0.325 e. The quantitative estimate of drug-likeness (QED) is 0.723. The molecular formula is C19H26ClFN4O3. The van der Waals surface area contributed by atoms with Crippen molar-refractivity contribution < 1.29 is 18.8 Å². The molecule has 2 saturated heterocycles. The highest BCUT2D eigenvalue weighted by molar-refractivity contribution is 6.09. The van der Waals surface area contributed by atoms with Crippen molar-refractivity contribution >= 4 is 30.3 Å². The van der Waals surface area contributed by atoms with E-state index in [0.29, 0.717) is 38.0 Å². The van der Waals surface area contributed by atoms with E-state index in [-0.39, 0.29) is 42.6 Å². The van der Waals surface area contributed by atoms with E-state index in [0.717, 1.165) is 4.90 Å². The molecule has 154 valence electrons. The Balaban J connectivity index is 0.00000280. The number of amides is 4. The lowest BCUT2D eigenvalue weighted by Crippen LogP contribution is -2.52. The lowest BCUT2D eigenvalue weighted by molar-refractivity contribution is -0.141. The van der Waals surface area contributed by atoms with Crippen molar-refractivity contribution in [2.75, 3.05) is 26.2 Å². The Labute approximate surface area is 170 Å². The zero-order chi connectivity index (χ0) is 19.6. The molecule has 2 fully saturated rings. The van der Waals surface area contributed by atoms with Gasteiger partial charge in [-0.05, 0) is 30.5 Å². The first-order chi connectivity index (χ1) is 12.9. The number of carbonyl (C=O) groups excluding carboxylic acids is 3. The number of imide groups is 1. The Bertz CT molecular complexity index is 756. The van der Waals surface area contributed by atoms with E-state index in [4.69, 9.17) is 0 Å². The van der Waals surface area contributed by atoms with Crippen LogP contribution in [-0.2, 0) is 9.59 Å². The first-order valence-corrected chi connectivity index (χ1v) is 9.31. The molecule has 1 unspecified atom stereocenters. The second-order valence-electron chi connectivity index (χ2n) is 6.97. The van der Waals surface area contributed by atoms with Crippen LogP contribution in [0.15, 0.2) is 24.3 Å². The molecule has 0 aromatic heterocycles. The highest BCUT2D eigenvalue weighted by atomic mass is 35.5. The molecule has 28 heavy (non-hydrogen) atoms. The Morgan fingerprint density at radius 1 is 1.29 bits per heavy atom. The summed E-state index contributed by atoms with van der Waals surface area (Å²) in [5.41, 5.74) is -0.243. The number of halogens is 2. The third kappa shape index (κ3) is 3.98. The molecule has 2 aliphatic heterocycles. The third-order valence-corrected chi connectivity index (χ3v) is 5.54. The van der Waals surface area contributed by atoms with Crippen LogP contribution < -0.4 is 10.6 Å². The molecule has 1 atom stereocenters. The minimum absolute atomic E-state index is 0. The van der Waals surface area contributed by atoms with Crippen LogP contribution in [0.25, 0.3) is 0 Å². The zero-order valence-corrected chi connectivity index (χ0v) is 16.9. The van der Waals surface area contributed by atoms with Gasteiger partial charge in [0, 0.05) is 19.6 Å². The Morgan fingerprint density at radius 3 is 2.61 bits per heavy atom. The van der Waals surface area contributed by atoms with Gasteiger partial charge in [0.25, 0.3) is 5.91 Å². The normalized spacial score (nSPS) is 21.3. The molecule has 1 aromatic carbocycles. The van der Waals surface area contributed by atoms with Gasteiger partial charge in [-0.15, -0.1) is 12.4 Å². The summed E-state index contributed by atoms with van der Waals surface area (Å²) < 4.78 is 13.6. The van der Waals surface area contributed by atoms with E-state index >= 15 is 0 Å². The predicted octanol–water partition coefficient (Wildman–Crippen LogP) is 1.83. The van der Waals surface area contributed by atoms with E-state index in [1.54, 1.807) is 17.0 Å². The van der Waals surface area contributed by atoms with E-state index in [1.807, 2.05) is 13.8 Å². The van der Waals surface area contributed by atoms with Crippen molar-refractivity contribution in [2.45, 2.75) is 38.3 Å². The summed E-state index contributed by atoms with van der Waals surface area (Å²) in [6.07, 6.45) is 0.941. The Kier molecular flexibility index (Phi) is 7.01. The molecule has 0 radical (unpaired) electrons. The fourth-order valence-electron chi connectivity index (χ4n) is 3.79. The molecule has 0 aliphatic carbocycles. The minimum atomic E-state index is -0.928. The first kappa shape index (κ1) is 22.1. The van der Waals surface area contributed by atoms with Crippen molar-refractivity contribution in [1.29, 1.82) is 0 Å². The molecule has 7 nitrogen and oxygen atoms in total. The van der Waals surface area contributed by atoms with Crippen LogP contribution >= 0.6 is 12.4 Å². The van der Waals surface area contributed by atoms with Gasteiger partial charge in [-0.25, -0.2) is 9.18 Å². The number of hydrogen-bond acceptors (Lipinski definition) is 4. The summed E-state index contributed by atoms with van der Waals surface area (Å²) in [6, 6.07) is 5.27. The van der Waals surface area contributed by atoms with Crippen LogP contribution in [0.2, 0.25) is 0 Å². The minimum Gasteiger partial charge on any atom is -0.332 e. The van der Waals surface area contributed by atoms with Crippen LogP contribution in [0.4, 0.5) is 9.18 Å². The van der Waals surface area contributed by atoms with Crippen LogP contribution in [0, 0.1) is 5.82 Å². The fraction of sp³-hybridized carbons (Fsp3) is 0.526. The van der Waals surface area contributed by atoms with E-state index in [2.05, 4.69) is 10.6 Å². The number of piperazine rings is 1. The van der Waals surface area contributed by atoms with Gasteiger partial charge in [0.15, 0.2) is 0 Å². The molecule has 0 bridgehead atoms. The van der Waals surface area contributed by atoms with Crippen LogP contribution in [0.1, 0.15) is 38.3 Å². The lowest BCUT2D eigenvalue weighted by Gasteiger charge is -2.37. The number of hydrogen-bond donors (Lipinski definition) is 2. The molecule has 1 aromatic rings. The van der Waals surface area contributed by atoms with Gasteiger partial charge in [0.2, 0.25) is 5.91 Å². The van der Waals surface area contributed by atoms with E-state index in [9.17, 15) is 18.8 Å². The second-order valence-corrected chi connectivity index (χ2v) is 6.97. The van der Waals surface area contributed by atoms with Gasteiger partial charge in [-0.1, -0.05) is 26.0 Å². The van der Waals surface area contributed by atoms with Crippen molar-refractivity contribution in [2.24, 2.45) is 0 Å². The van der Waals surface area contributed by atoms with Gasteiger partial charge >= 0.3 is 6.03 Å². The third-order valence-electron chi connectivity index (χ3n) is 5.54. The number of carbonyl (C=O) groups is 3. The van der Waals surface area contributed by atoms with Gasteiger partial charge in [-0.2, -0.15) is 0 Å². The summed E-state index contributed by atoms with van der Waals surface area (Å²) in [5.74, 6) is -1.05. The number of nitrogens with one attached hydrogen (secondary N) is 2. The van der Waals surface area contributed by atoms with E-state index in [1.165, 1.54) is 12.1 Å². The summed E-state index contributed by atoms with van der Waals surface area (Å²) in [7, 11) is 0. The summed E-state index contributed by atoms with van der Waals surface area (Å²) in [4.78, 5) is 40.6. The molecule has 2 N–H and O–H groups in total. The van der Waals surface area contributed by atoms with Crippen molar-refractivity contribution in [1.82, 2.24) is 20.4 Å². The monoisotopic (exact) mass is 412 g/mol. The summed E-state index contributed by atoms with van der Waals surface area (Å²) in [5, 5.41) is 5.93. The number of nitrogens with zero attached hydrogens (tertiary/aromatic N) is 2. The SMILES string of the molecule is CCC1(CC)NC(=O)N(CC(=O)N2CCNCC2c2cccc(F)c2)C1=O.Cl. The Hall–Kier alpha value is -2.19. The standard InChI is InChI=1S/C19H25FN4O3.ClH/c1-3-19(4-2)17(26)24(18(27)22-19)12-16(25)23-9-8-21-11-15(23)13-6-5-7-14(20)10-13;/h5-7,10,15,21H,3-4,8-9,11-12H2,1-2H3,(H,22,27);1H. The number of benzene rings is 1. The highest BCUT2D eigenvalue weighted by Crippen LogP contribution is 2.27. The molecule has 4 amide bonds. The molecular weight excluding hydrogens is 387 g/mol. The van der Waals surface area contributed by atoms with Crippen LogP contribution in [-0.4, -0.2) is 59.4 Å². The second kappa shape index (κ2) is 8.87. The van der Waals surface area contributed by atoms with Gasteiger partial charge in [0.05, 0.1) is 6.04 Å². The molecule has 9 heteroatoms. The predicted molar refractivity (Wildman–Crippen MR) is 105 cm³/mol. The van der Waals surface area contributed by atoms with Crippen molar-refractivity contribution in [3.05, 3.63) is 35.6 Å². The Morgan fingerprint density at radius 2 is 2.00 bits per heavy atom. The number of urea groups is 1. The fourth-order valence-corrected chi connectivity index (χ4v) is 3.79. The molecule has 0 saturated carbocycles. The molecule has 2 heterocycles. The van der Waals surface area contributed by atoms with Gasteiger partial charge in [0.1, 0.15) is 17.9 Å². The maximum absolute atomic E-state index is 13.6. The number of rotatable bonds is 5. The maximum atomic E-state index is 13.6. The molecule has 3 rings (SSSR count). The van der Waals surface area contributed by atoms with Crippen LogP contribution in [0.5, 0.6) is 0 Å². The zero-order valence-electron chi connectivity index (χ0n) is 16.0.